The van der Waals surface area contributed by atoms with Gasteiger partial charge in [0, 0.05) is 38.6 Å². The molecule has 1 aliphatic heterocycles. The molecule has 0 saturated heterocycles. The quantitative estimate of drug-likeness (QED) is 0.813. The zero-order valence-electron chi connectivity index (χ0n) is 12.0. The summed E-state index contributed by atoms with van der Waals surface area (Å²) in [6.07, 6.45) is 6.40. The summed E-state index contributed by atoms with van der Waals surface area (Å²) in [6, 6.07) is 8.17. The molecule has 1 unspecified atom stereocenters. The molecule has 0 radical (unpaired) electrons. The van der Waals surface area contributed by atoms with Crippen LogP contribution in [0.3, 0.4) is 0 Å². The molecule has 1 aromatic heterocycles. The highest BCUT2D eigenvalue weighted by atomic mass is 16.1. The number of carbonyl (C=O) groups is 1. The molecule has 0 spiro atoms. The minimum Gasteiger partial charge on any atom is -0.355 e. The van der Waals surface area contributed by atoms with E-state index >= 15 is 0 Å². The van der Waals surface area contributed by atoms with Gasteiger partial charge in [-0.25, -0.2) is 4.98 Å². The van der Waals surface area contributed by atoms with Crippen molar-refractivity contribution in [2.75, 3.05) is 13.1 Å². The first-order chi connectivity index (χ1) is 10.3. The molecule has 2 N–H and O–H groups in total. The Morgan fingerprint density at radius 3 is 3.19 bits per heavy atom. The highest BCUT2D eigenvalue weighted by molar-refractivity contribution is 5.84. The van der Waals surface area contributed by atoms with E-state index in [-0.39, 0.29) is 11.8 Å². The van der Waals surface area contributed by atoms with Crippen LogP contribution < -0.4 is 10.6 Å². The van der Waals surface area contributed by atoms with Crippen molar-refractivity contribution in [2.24, 2.45) is 0 Å². The fraction of sp³-hybridized carbons (Fsp3) is 0.375. The molecule has 0 bridgehead atoms. The summed E-state index contributed by atoms with van der Waals surface area (Å²) in [7, 11) is 0. The average molecular weight is 284 g/mol. The maximum Gasteiger partial charge on any atom is 0.228 e. The largest absolute Gasteiger partial charge is 0.355 e. The van der Waals surface area contributed by atoms with Gasteiger partial charge in [-0.1, -0.05) is 24.3 Å². The van der Waals surface area contributed by atoms with E-state index < -0.39 is 0 Å². The summed E-state index contributed by atoms with van der Waals surface area (Å²) in [6.45, 7) is 3.13. The number of imidazole rings is 1. The summed E-state index contributed by atoms with van der Waals surface area (Å²) in [5, 5.41) is 6.35. The van der Waals surface area contributed by atoms with Crippen molar-refractivity contribution in [1.29, 1.82) is 0 Å². The maximum atomic E-state index is 12.4. The number of rotatable bonds is 5. The Bertz CT molecular complexity index is 594. The molecule has 1 atom stereocenters. The predicted octanol–water partition coefficient (Wildman–Crippen LogP) is 1.28. The average Bonchev–Trinajstić information content (AvgIpc) is 3.04. The van der Waals surface area contributed by atoms with E-state index in [1.165, 1.54) is 5.56 Å². The SMILES string of the molecule is O=C(NCCCn1ccnc1)C1CNCc2ccccc21. The Hall–Kier alpha value is -2.14. The number of aryl methyl sites for hydroxylation is 1. The van der Waals surface area contributed by atoms with E-state index in [1.54, 1.807) is 12.5 Å². The molecule has 3 rings (SSSR count). The first kappa shape index (κ1) is 13.8. The Labute approximate surface area is 124 Å². The van der Waals surface area contributed by atoms with Crippen molar-refractivity contribution in [3.8, 4) is 0 Å². The van der Waals surface area contributed by atoms with E-state index in [1.807, 2.05) is 22.9 Å². The second-order valence-corrected chi connectivity index (χ2v) is 5.33. The topological polar surface area (TPSA) is 59.0 Å². The summed E-state index contributed by atoms with van der Waals surface area (Å²) in [4.78, 5) is 16.4. The maximum absolute atomic E-state index is 12.4. The minimum atomic E-state index is -0.0804. The predicted molar refractivity (Wildman–Crippen MR) is 80.7 cm³/mol. The smallest absolute Gasteiger partial charge is 0.228 e. The summed E-state index contributed by atoms with van der Waals surface area (Å²) in [5.41, 5.74) is 2.38. The first-order valence-corrected chi connectivity index (χ1v) is 7.36. The normalized spacial score (nSPS) is 17.2. The Balaban J connectivity index is 1.52. The van der Waals surface area contributed by atoms with Gasteiger partial charge in [-0.2, -0.15) is 0 Å². The number of hydrogen-bond acceptors (Lipinski definition) is 3. The van der Waals surface area contributed by atoms with Crippen molar-refractivity contribution in [2.45, 2.75) is 25.4 Å². The zero-order chi connectivity index (χ0) is 14.5. The van der Waals surface area contributed by atoms with Crippen LogP contribution in [0.25, 0.3) is 0 Å². The van der Waals surface area contributed by atoms with Crippen molar-refractivity contribution >= 4 is 5.91 Å². The van der Waals surface area contributed by atoms with Crippen LogP contribution in [0, 0.1) is 0 Å². The third-order valence-electron chi connectivity index (χ3n) is 3.86. The Morgan fingerprint density at radius 2 is 2.33 bits per heavy atom. The Morgan fingerprint density at radius 1 is 1.43 bits per heavy atom. The molecular formula is C16H20N4O. The van der Waals surface area contributed by atoms with Crippen LogP contribution in [0.1, 0.15) is 23.5 Å². The third kappa shape index (κ3) is 3.31. The lowest BCUT2D eigenvalue weighted by molar-refractivity contribution is -0.122. The number of nitrogens with zero attached hydrogens (tertiary/aromatic N) is 2. The van der Waals surface area contributed by atoms with Crippen LogP contribution in [0.5, 0.6) is 0 Å². The molecular weight excluding hydrogens is 264 g/mol. The summed E-state index contributed by atoms with van der Waals surface area (Å²) >= 11 is 0. The van der Waals surface area contributed by atoms with Crippen LogP contribution in [0.2, 0.25) is 0 Å². The molecule has 1 amide bonds. The number of nitrogens with one attached hydrogen (secondary N) is 2. The molecule has 1 aliphatic rings. The summed E-state index contributed by atoms with van der Waals surface area (Å²) < 4.78 is 2.02. The molecule has 5 heteroatoms. The van der Waals surface area contributed by atoms with Gasteiger partial charge in [0.25, 0.3) is 0 Å². The van der Waals surface area contributed by atoms with E-state index in [9.17, 15) is 4.79 Å². The molecule has 1 aromatic carbocycles. The van der Waals surface area contributed by atoms with Gasteiger partial charge < -0.3 is 15.2 Å². The highest BCUT2D eigenvalue weighted by Crippen LogP contribution is 2.23. The van der Waals surface area contributed by atoms with Crippen LogP contribution in [-0.4, -0.2) is 28.5 Å². The lowest BCUT2D eigenvalue weighted by Crippen LogP contribution is -2.39. The second-order valence-electron chi connectivity index (χ2n) is 5.33. The number of amides is 1. The fourth-order valence-corrected chi connectivity index (χ4v) is 2.75. The lowest BCUT2D eigenvalue weighted by atomic mass is 9.90. The minimum absolute atomic E-state index is 0.0804. The van der Waals surface area contributed by atoms with Gasteiger partial charge in [0.05, 0.1) is 12.2 Å². The number of benzene rings is 1. The molecule has 0 fully saturated rings. The van der Waals surface area contributed by atoms with Gasteiger partial charge in [-0.3, -0.25) is 4.79 Å². The van der Waals surface area contributed by atoms with Gasteiger partial charge in [0.15, 0.2) is 0 Å². The highest BCUT2D eigenvalue weighted by Gasteiger charge is 2.25. The van der Waals surface area contributed by atoms with Gasteiger partial charge >= 0.3 is 0 Å². The monoisotopic (exact) mass is 284 g/mol. The standard InChI is InChI=1S/C16H20N4O/c21-16(19-6-3-8-20-9-7-17-12-20)15-11-18-10-13-4-1-2-5-14(13)15/h1-2,4-5,7,9,12,15,18H,3,6,8,10-11H2,(H,19,21). The molecule has 2 aromatic rings. The fourth-order valence-electron chi connectivity index (χ4n) is 2.75. The van der Waals surface area contributed by atoms with Crippen LogP contribution in [0.15, 0.2) is 43.0 Å². The van der Waals surface area contributed by atoms with E-state index in [4.69, 9.17) is 0 Å². The number of hydrogen-bond donors (Lipinski definition) is 2. The van der Waals surface area contributed by atoms with E-state index in [2.05, 4.69) is 27.8 Å². The third-order valence-corrected chi connectivity index (χ3v) is 3.86. The molecule has 0 aliphatic carbocycles. The molecule has 5 nitrogen and oxygen atoms in total. The molecule has 2 heterocycles. The number of carbonyl (C=O) groups excluding carboxylic acids is 1. The van der Waals surface area contributed by atoms with Crippen LogP contribution in [-0.2, 0) is 17.9 Å². The second kappa shape index (κ2) is 6.54. The van der Waals surface area contributed by atoms with Crippen molar-refractivity contribution < 1.29 is 4.79 Å². The molecule has 0 saturated carbocycles. The van der Waals surface area contributed by atoms with Crippen molar-refractivity contribution in [1.82, 2.24) is 20.2 Å². The summed E-state index contributed by atoms with van der Waals surface area (Å²) in [5.74, 6) is 0.0310. The van der Waals surface area contributed by atoms with Crippen LogP contribution in [0.4, 0.5) is 0 Å². The molecule has 110 valence electrons. The van der Waals surface area contributed by atoms with Gasteiger partial charge in [0.1, 0.15) is 0 Å². The van der Waals surface area contributed by atoms with Gasteiger partial charge in [-0.05, 0) is 17.5 Å². The Kier molecular flexibility index (Phi) is 4.31. The van der Waals surface area contributed by atoms with Gasteiger partial charge in [0.2, 0.25) is 5.91 Å². The van der Waals surface area contributed by atoms with Crippen LogP contribution >= 0.6 is 0 Å². The van der Waals surface area contributed by atoms with E-state index in [0.717, 1.165) is 25.1 Å². The van der Waals surface area contributed by atoms with Crippen molar-refractivity contribution in [3.63, 3.8) is 0 Å². The van der Waals surface area contributed by atoms with Crippen molar-refractivity contribution in [3.05, 3.63) is 54.1 Å². The number of aromatic nitrogens is 2. The lowest BCUT2D eigenvalue weighted by Gasteiger charge is -2.25. The van der Waals surface area contributed by atoms with E-state index in [0.29, 0.717) is 13.1 Å². The molecule has 21 heavy (non-hydrogen) atoms. The zero-order valence-corrected chi connectivity index (χ0v) is 12.0. The first-order valence-electron chi connectivity index (χ1n) is 7.36. The number of fused-ring (bicyclic) bond motifs is 1. The van der Waals surface area contributed by atoms with Gasteiger partial charge in [-0.15, -0.1) is 0 Å².